The lowest BCUT2D eigenvalue weighted by Crippen LogP contribution is -2.15. The third kappa shape index (κ3) is 2.04. The van der Waals surface area contributed by atoms with E-state index in [-0.39, 0.29) is 11.5 Å². The minimum atomic E-state index is -0.623. The molecular formula is C15H14FNO2. The number of halogens is 1. The Balaban J connectivity index is 2.28. The van der Waals surface area contributed by atoms with E-state index in [9.17, 15) is 14.6 Å². The Bertz CT molecular complexity index is 655. The van der Waals surface area contributed by atoms with Gasteiger partial charge < -0.3 is 10.2 Å². The maximum absolute atomic E-state index is 13.6. The van der Waals surface area contributed by atoms with Gasteiger partial charge >= 0.3 is 0 Å². The van der Waals surface area contributed by atoms with E-state index in [2.05, 4.69) is 4.90 Å². The van der Waals surface area contributed by atoms with Crippen LogP contribution in [0.15, 0.2) is 30.3 Å². The smallest absolute Gasteiger partial charge is 0.165 e. The largest absolute Gasteiger partial charge is 0.508 e. The van der Waals surface area contributed by atoms with Gasteiger partial charge in [0.1, 0.15) is 5.75 Å². The molecule has 4 heteroatoms. The van der Waals surface area contributed by atoms with E-state index in [0.717, 1.165) is 22.3 Å². The van der Waals surface area contributed by atoms with Crippen molar-refractivity contribution < 1.29 is 14.6 Å². The Morgan fingerprint density at radius 2 is 1.68 bits per heavy atom. The second-order valence-corrected chi connectivity index (χ2v) is 4.97. The Morgan fingerprint density at radius 1 is 1.00 bits per heavy atom. The van der Waals surface area contributed by atoms with Crippen molar-refractivity contribution in [3.63, 3.8) is 0 Å². The van der Waals surface area contributed by atoms with Crippen LogP contribution in [0.1, 0.15) is 11.1 Å². The summed E-state index contributed by atoms with van der Waals surface area (Å²) in [6, 6.07) is 7.92. The summed E-state index contributed by atoms with van der Waals surface area (Å²) in [4.78, 5) is 2.06. The zero-order valence-electron chi connectivity index (χ0n) is 10.5. The maximum Gasteiger partial charge on any atom is 0.165 e. The first-order chi connectivity index (χ1) is 9.04. The predicted octanol–water partition coefficient (Wildman–Crippen LogP) is 2.85. The zero-order chi connectivity index (χ0) is 13.6. The second kappa shape index (κ2) is 4.24. The Hall–Kier alpha value is -2.07. The number of fused-ring (bicyclic) bond motifs is 3. The van der Waals surface area contributed by atoms with Crippen LogP contribution in [0.4, 0.5) is 4.39 Å². The van der Waals surface area contributed by atoms with Crippen molar-refractivity contribution in [2.75, 3.05) is 7.05 Å². The fourth-order valence-electron chi connectivity index (χ4n) is 2.60. The molecule has 1 aliphatic rings. The number of phenolic OH excluding ortho intramolecular Hbond substituents is 2. The first-order valence-electron chi connectivity index (χ1n) is 6.07. The first-order valence-corrected chi connectivity index (χ1v) is 6.07. The van der Waals surface area contributed by atoms with E-state index in [1.165, 1.54) is 12.1 Å². The van der Waals surface area contributed by atoms with Gasteiger partial charge in [-0.05, 0) is 53.6 Å². The lowest BCUT2D eigenvalue weighted by molar-refractivity contribution is 0.321. The molecule has 1 aliphatic heterocycles. The fourth-order valence-corrected chi connectivity index (χ4v) is 2.60. The van der Waals surface area contributed by atoms with E-state index < -0.39 is 5.82 Å². The molecule has 0 unspecified atom stereocenters. The van der Waals surface area contributed by atoms with Gasteiger partial charge in [-0.1, -0.05) is 6.07 Å². The molecule has 19 heavy (non-hydrogen) atoms. The standard InChI is InChI=1S/C15H14FNO2/c1-17-7-9-4-11(18)2-3-12(9)13-6-14(16)15(19)5-10(13)8-17/h2-6,18-19H,7-8H2,1H3. The highest BCUT2D eigenvalue weighted by Gasteiger charge is 2.19. The second-order valence-electron chi connectivity index (χ2n) is 4.97. The number of phenols is 2. The molecule has 0 saturated carbocycles. The van der Waals surface area contributed by atoms with Gasteiger partial charge in [0.15, 0.2) is 11.6 Å². The molecule has 0 aliphatic carbocycles. The third-order valence-corrected chi connectivity index (χ3v) is 3.43. The van der Waals surface area contributed by atoms with Gasteiger partial charge in [-0.25, -0.2) is 4.39 Å². The van der Waals surface area contributed by atoms with Gasteiger partial charge in [0.25, 0.3) is 0 Å². The molecule has 3 rings (SSSR count). The van der Waals surface area contributed by atoms with Crippen LogP contribution >= 0.6 is 0 Å². The molecule has 0 radical (unpaired) electrons. The van der Waals surface area contributed by atoms with E-state index in [4.69, 9.17) is 0 Å². The number of benzene rings is 2. The normalized spacial score (nSPS) is 14.6. The van der Waals surface area contributed by atoms with Crippen molar-refractivity contribution >= 4 is 0 Å². The van der Waals surface area contributed by atoms with Crippen LogP contribution in [0, 0.1) is 5.82 Å². The summed E-state index contributed by atoms with van der Waals surface area (Å²) in [7, 11) is 1.95. The number of hydrogen-bond acceptors (Lipinski definition) is 3. The summed E-state index contributed by atoms with van der Waals surface area (Å²) in [5, 5.41) is 19.1. The summed E-state index contributed by atoms with van der Waals surface area (Å²) < 4.78 is 13.6. The molecule has 0 bridgehead atoms. The summed E-state index contributed by atoms with van der Waals surface area (Å²) in [5.74, 6) is -0.744. The molecule has 2 N–H and O–H groups in total. The number of nitrogens with zero attached hydrogens (tertiary/aromatic N) is 1. The summed E-state index contributed by atoms with van der Waals surface area (Å²) >= 11 is 0. The van der Waals surface area contributed by atoms with Crippen molar-refractivity contribution in [1.82, 2.24) is 4.90 Å². The van der Waals surface area contributed by atoms with Gasteiger partial charge in [0.05, 0.1) is 0 Å². The quantitative estimate of drug-likeness (QED) is 0.764. The molecule has 0 spiro atoms. The van der Waals surface area contributed by atoms with E-state index in [1.54, 1.807) is 18.2 Å². The molecule has 3 nitrogen and oxygen atoms in total. The van der Waals surface area contributed by atoms with Gasteiger partial charge in [-0.15, -0.1) is 0 Å². The van der Waals surface area contributed by atoms with E-state index in [1.807, 2.05) is 7.05 Å². The van der Waals surface area contributed by atoms with Gasteiger partial charge in [0, 0.05) is 13.1 Å². The van der Waals surface area contributed by atoms with Gasteiger partial charge in [-0.2, -0.15) is 0 Å². The molecule has 0 aromatic heterocycles. The zero-order valence-corrected chi connectivity index (χ0v) is 10.5. The molecule has 98 valence electrons. The SMILES string of the molecule is CN1Cc2cc(O)ccc2-c2cc(F)c(O)cc2C1. The van der Waals surface area contributed by atoms with Crippen molar-refractivity contribution in [2.45, 2.75) is 13.1 Å². The van der Waals surface area contributed by atoms with Crippen LogP contribution < -0.4 is 0 Å². The average Bonchev–Trinajstić information content (AvgIpc) is 2.45. The number of aromatic hydroxyl groups is 2. The number of rotatable bonds is 0. The van der Waals surface area contributed by atoms with Crippen molar-refractivity contribution in [1.29, 1.82) is 0 Å². The Morgan fingerprint density at radius 3 is 2.42 bits per heavy atom. The molecule has 2 aromatic rings. The molecule has 0 atom stereocenters. The van der Waals surface area contributed by atoms with Crippen LogP contribution in [0.5, 0.6) is 11.5 Å². The lowest BCUT2D eigenvalue weighted by Gasteiger charge is -2.14. The number of hydrogen-bond donors (Lipinski definition) is 2. The molecule has 1 heterocycles. The Labute approximate surface area is 110 Å². The topological polar surface area (TPSA) is 43.7 Å². The van der Waals surface area contributed by atoms with Crippen molar-refractivity contribution in [3.8, 4) is 22.6 Å². The highest BCUT2D eigenvalue weighted by Crippen LogP contribution is 2.36. The van der Waals surface area contributed by atoms with Gasteiger partial charge in [-0.3, -0.25) is 4.90 Å². The third-order valence-electron chi connectivity index (χ3n) is 3.43. The fraction of sp³-hybridized carbons (Fsp3) is 0.200. The molecular weight excluding hydrogens is 245 g/mol. The van der Waals surface area contributed by atoms with Crippen LogP contribution in [0.2, 0.25) is 0 Å². The lowest BCUT2D eigenvalue weighted by atomic mass is 9.96. The molecule has 0 fully saturated rings. The highest BCUT2D eigenvalue weighted by molar-refractivity contribution is 5.73. The maximum atomic E-state index is 13.6. The summed E-state index contributed by atoms with van der Waals surface area (Å²) in [6.45, 7) is 1.29. The van der Waals surface area contributed by atoms with Crippen LogP contribution in [-0.2, 0) is 13.1 Å². The predicted molar refractivity (Wildman–Crippen MR) is 70.3 cm³/mol. The highest BCUT2D eigenvalue weighted by atomic mass is 19.1. The van der Waals surface area contributed by atoms with Crippen LogP contribution in [-0.4, -0.2) is 22.2 Å². The monoisotopic (exact) mass is 259 g/mol. The first kappa shape index (κ1) is 12.0. The summed E-state index contributed by atoms with van der Waals surface area (Å²) in [5.41, 5.74) is 3.50. The molecule has 2 aromatic carbocycles. The van der Waals surface area contributed by atoms with Crippen LogP contribution in [0.3, 0.4) is 0 Å². The Kier molecular flexibility index (Phi) is 2.68. The molecule has 0 saturated heterocycles. The van der Waals surface area contributed by atoms with Crippen LogP contribution in [0.25, 0.3) is 11.1 Å². The van der Waals surface area contributed by atoms with Crippen molar-refractivity contribution in [2.24, 2.45) is 0 Å². The van der Waals surface area contributed by atoms with Crippen molar-refractivity contribution in [3.05, 3.63) is 47.3 Å². The summed E-state index contributed by atoms with van der Waals surface area (Å²) in [6.07, 6.45) is 0. The minimum absolute atomic E-state index is 0.204. The average molecular weight is 259 g/mol. The van der Waals surface area contributed by atoms with E-state index in [0.29, 0.717) is 13.1 Å². The van der Waals surface area contributed by atoms with E-state index >= 15 is 0 Å². The minimum Gasteiger partial charge on any atom is -0.508 e. The van der Waals surface area contributed by atoms with Gasteiger partial charge in [0.2, 0.25) is 0 Å². The molecule has 0 amide bonds.